The molecule has 6 rings (SSSR count). The summed E-state index contributed by atoms with van der Waals surface area (Å²) in [6, 6.07) is 23.6. The third kappa shape index (κ3) is 3.34. The molecule has 0 fully saturated rings. The number of hydrogen-bond donors (Lipinski definition) is 0. The Labute approximate surface area is 190 Å². The van der Waals surface area contributed by atoms with E-state index < -0.39 is 0 Å². The van der Waals surface area contributed by atoms with Crippen LogP contribution in [0.1, 0.15) is 27.3 Å². The number of fused-ring (bicyclic) bond motifs is 1. The van der Waals surface area contributed by atoms with Crippen LogP contribution in [0.5, 0.6) is 0 Å². The molecule has 0 atom stereocenters. The molecule has 1 amide bonds. The van der Waals surface area contributed by atoms with Crippen molar-refractivity contribution in [2.24, 2.45) is 0 Å². The van der Waals surface area contributed by atoms with Gasteiger partial charge in [0.15, 0.2) is 11.5 Å². The molecule has 4 heterocycles. The standard InChI is InChI=1S/C26H21N5O2/c1-18-8-7-11-20(14-18)31-25(29-12-5-6-13-29)21-16-30(17-23(21)27-31)26(32)22-15-24(33-28-22)19-9-3-2-4-10-19/h2-15H,16-17H2,1H3. The van der Waals surface area contributed by atoms with Gasteiger partial charge in [0.25, 0.3) is 5.91 Å². The Hall–Kier alpha value is -4.39. The number of nitrogens with zero attached hydrogens (tertiary/aromatic N) is 5. The Bertz CT molecular complexity index is 1450. The van der Waals surface area contributed by atoms with E-state index in [-0.39, 0.29) is 5.91 Å². The van der Waals surface area contributed by atoms with Crippen LogP contribution in [0.2, 0.25) is 0 Å². The molecular formula is C26H21N5O2. The van der Waals surface area contributed by atoms with Crippen LogP contribution in [0.3, 0.4) is 0 Å². The molecule has 2 aromatic carbocycles. The SMILES string of the molecule is Cc1cccc(-n2nc3c(c2-n2cccc2)CN(C(=O)c2cc(-c4ccccc4)on2)C3)c1. The van der Waals surface area contributed by atoms with Crippen molar-refractivity contribution in [2.75, 3.05) is 0 Å². The average Bonchev–Trinajstić information content (AvgIpc) is 3.63. The summed E-state index contributed by atoms with van der Waals surface area (Å²) in [7, 11) is 0. The highest BCUT2D eigenvalue weighted by Crippen LogP contribution is 2.32. The third-order valence-electron chi connectivity index (χ3n) is 5.90. The second-order valence-electron chi connectivity index (χ2n) is 8.19. The summed E-state index contributed by atoms with van der Waals surface area (Å²) in [5.41, 5.74) is 5.27. The van der Waals surface area contributed by atoms with Gasteiger partial charge in [0.2, 0.25) is 0 Å². The number of benzene rings is 2. The molecule has 5 aromatic rings. The van der Waals surface area contributed by atoms with Crippen LogP contribution < -0.4 is 0 Å². The van der Waals surface area contributed by atoms with E-state index in [0.29, 0.717) is 24.5 Å². The van der Waals surface area contributed by atoms with Gasteiger partial charge in [0, 0.05) is 29.6 Å². The first-order chi connectivity index (χ1) is 16.2. The molecule has 1 aliphatic heterocycles. The van der Waals surface area contributed by atoms with E-state index in [0.717, 1.165) is 28.3 Å². The highest BCUT2D eigenvalue weighted by atomic mass is 16.5. The van der Waals surface area contributed by atoms with Crippen molar-refractivity contribution in [3.8, 4) is 22.8 Å². The van der Waals surface area contributed by atoms with Crippen molar-refractivity contribution in [3.63, 3.8) is 0 Å². The minimum absolute atomic E-state index is 0.167. The number of carbonyl (C=O) groups is 1. The Balaban J connectivity index is 1.33. The Morgan fingerprint density at radius 1 is 0.939 bits per heavy atom. The van der Waals surface area contributed by atoms with E-state index in [2.05, 4.69) is 24.2 Å². The van der Waals surface area contributed by atoms with Gasteiger partial charge in [0.1, 0.15) is 5.82 Å². The maximum Gasteiger partial charge on any atom is 0.276 e. The van der Waals surface area contributed by atoms with Gasteiger partial charge in [0.05, 0.1) is 24.5 Å². The van der Waals surface area contributed by atoms with Crippen LogP contribution in [0.4, 0.5) is 0 Å². The topological polar surface area (TPSA) is 69.1 Å². The summed E-state index contributed by atoms with van der Waals surface area (Å²) in [5.74, 6) is 1.36. The van der Waals surface area contributed by atoms with Crippen molar-refractivity contribution in [2.45, 2.75) is 20.0 Å². The van der Waals surface area contributed by atoms with Crippen LogP contribution in [-0.4, -0.2) is 30.3 Å². The molecule has 0 unspecified atom stereocenters. The average molecular weight is 435 g/mol. The quantitative estimate of drug-likeness (QED) is 0.407. The lowest BCUT2D eigenvalue weighted by Gasteiger charge is -2.16. The minimum Gasteiger partial charge on any atom is -0.355 e. The van der Waals surface area contributed by atoms with Gasteiger partial charge in [-0.1, -0.05) is 47.6 Å². The van der Waals surface area contributed by atoms with Crippen molar-refractivity contribution in [1.29, 1.82) is 0 Å². The predicted octanol–water partition coefficient (Wildman–Crippen LogP) is 4.78. The molecule has 3 aromatic heterocycles. The van der Waals surface area contributed by atoms with Gasteiger partial charge in [-0.05, 0) is 36.8 Å². The second-order valence-corrected chi connectivity index (χ2v) is 8.19. The molecule has 0 radical (unpaired) electrons. The second kappa shape index (κ2) is 7.63. The molecule has 33 heavy (non-hydrogen) atoms. The maximum atomic E-state index is 13.2. The van der Waals surface area contributed by atoms with Gasteiger partial charge in [-0.3, -0.25) is 4.79 Å². The number of aryl methyl sites for hydroxylation is 1. The molecule has 0 aliphatic carbocycles. The summed E-state index contributed by atoms with van der Waals surface area (Å²) in [5, 5.41) is 8.93. The molecule has 7 nitrogen and oxygen atoms in total. The fraction of sp³-hybridized carbons (Fsp3) is 0.115. The van der Waals surface area contributed by atoms with Crippen LogP contribution in [0.15, 0.2) is 89.7 Å². The normalized spacial score (nSPS) is 12.8. The van der Waals surface area contributed by atoms with E-state index in [1.807, 2.05) is 76.2 Å². The van der Waals surface area contributed by atoms with Crippen LogP contribution in [-0.2, 0) is 13.1 Å². The Kier molecular flexibility index (Phi) is 4.47. The van der Waals surface area contributed by atoms with Crippen molar-refractivity contribution < 1.29 is 9.32 Å². The number of hydrogen-bond acceptors (Lipinski definition) is 4. The summed E-state index contributed by atoms with van der Waals surface area (Å²) >= 11 is 0. The highest BCUT2D eigenvalue weighted by Gasteiger charge is 2.33. The van der Waals surface area contributed by atoms with Gasteiger partial charge in [-0.25, -0.2) is 4.68 Å². The smallest absolute Gasteiger partial charge is 0.276 e. The van der Waals surface area contributed by atoms with Crippen LogP contribution in [0, 0.1) is 6.92 Å². The summed E-state index contributed by atoms with van der Waals surface area (Å²) in [4.78, 5) is 15.0. The van der Waals surface area contributed by atoms with E-state index in [9.17, 15) is 4.79 Å². The summed E-state index contributed by atoms with van der Waals surface area (Å²) in [6.07, 6.45) is 4.00. The molecule has 162 valence electrons. The van der Waals surface area contributed by atoms with Gasteiger partial charge in [-0.15, -0.1) is 0 Å². The highest BCUT2D eigenvalue weighted by molar-refractivity contribution is 5.93. The van der Waals surface area contributed by atoms with Gasteiger partial charge in [-0.2, -0.15) is 5.10 Å². The molecule has 0 N–H and O–H groups in total. The fourth-order valence-electron chi connectivity index (χ4n) is 4.30. The van der Waals surface area contributed by atoms with Crippen LogP contribution >= 0.6 is 0 Å². The monoisotopic (exact) mass is 435 g/mol. The van der Waals surface area contributed by atoms with E-state index in [4.69, 9.17) is 9.62 Å². The fourth-order valence-corrected chi connectivity index (χ4v) is 4.30. The summed E-state index contributed by atoms with van der Waals surface area (Å²) < 4.78 is 9.45. The Morgan fingerprint density at radius 3 is 2.55 bits per heavy atom. The summed E-state index contributed by atoms with van der Waals surface area (Å²) in [6.45, 7) is 2.95. The molecule has 0 saturated carbocycles. The van der Waals surface area contributed by atoms with Gasteiger partial charge < -0.3 is 14.0 Å². The number of aromatic nitrogens is 4. The molecule has 0 saturated heterocycles. The third-order valence-corrected chi connectivity index (χ3v) is 5.90. The lowest BCUT2D eigenvalue weighted by molar-refractivity contribution is 0.0739. The first-order valence-corrected chi connectivity index (χ1v) is 10.8. The molecule has 0 bridgehead atoms. The molecule has 1 aliphatic rings. The van der Waals surface area contributed by atoms with Crippen molar-refractivity contribution in [1.82, 2.24) is 24.4 Å². The van der Waals surface area contributed by atoms with Crippen molar-refractivity contribution >= 4 is 5.91 Å². The van der Waals surface area contributed by atoms with Crippen molar-refractivity contribution in [3.05, 3.63) is 108 Å². The van der Waals surface area contributed by atoms with E-state index >= 15 is 0 Å². The van der Waals surface area contributed by atoms with Crippen LogP contribution in [0.25, 0.3) is 22.8 Å². The lowest BCUT2D eigenvalue weighted by atomic mass is 10.1. The van der Waals surface area contributed by atoms with E-state index in [1.165, 1.54) is 5.56 Å². The number of amides is 1. The largest absolute Gasteiger partial charge is 0.355 e. The number of rotatable bonds is 4. The number of carbonyl (C=O) groups excluding carboxylic acids is 1. The molecule has 7 heteroatoms. The van der Waals surface area contributed by atoms with E-state index in [1.54, 1.807) is 11.0 Å². The molecule has 0 spiro atoms. The zero-order valence-electron chi connectivity index (χ0n) is 18.0. The minimum atomic E-state index is -0.167. The zero-order chi connectivity index (χ0) is 22.4. The molecular weight excluding hydrogens is 414 g/mol. The first kappa shape index (κ1) is 19.3. The zero-order valence-corrected chi connectivity index (χ0v) is 18.0. The van der Waals surface area contributed by atoms with Gasteiger partial charge >= 0.3 is 0 Å². The maximum absolute atomic E-state index is 13.2. The first-order valence-electron chi connectivity index (χ1n) is 10.8. The Morgan fingerprint density at radius 2 is 1.76 bits per heavy atom. The predicted molar refractivity (Wildman–Crippen MR) is 123 cm³/mol. The lowest BCUT2D eigenvalue weighted by Crippen LogP contribution is -2.26.